The Hall–Kier alpha value is -0.780. The van der Waals surface area contributed by atoms with Gasteiger partial charge in [0.15, 0.2) is 0 Å². The number of hydrogen-bond donors (Lipinski definition) is 1. The van der Waals surface area contributed by atoms with Crippen LogP contribution in [0.25, 0.3) is 0 Å². The molecule has 112 valence electrons. The van der Waals surface area contributed by atoms with Crippen molar-refractivity contribution < 1.29 is 18.0 Å². The molecule has 1 saturated carbocycles. The Morgan fingerprint density at radius 1 is 1.37 bits per heavy atom. The van der Waals surface area contributed by atoms with Gasteiger partial charge in [0.1, 0.15) is 6.54 Å². The largest absolute Gasteiger partial charge is 0.406 e. The Kier molecular flexibility index (Phi) is 5.64. The van der Waals surface area contributed by atoms with Crippen LogP contribution < -0.4 is 5.32 Å². The van der Waals surface area contributed by atoms with Gasteiger partial charge in [0, 0.05) is 18.5 Å². The lowest BCUT2D eigenvalue weighted by atomic mass is 10.1. The first-order valence-electron chi connectivity index (χ1n) is 6.84. The highest BCUT2D eigenvalue weighted by atomic mass is 19.4. The van der Waals surface area contributed by atoms with Gasteiger partial charge in [0.05, 0.1) is 0 Å². The zero-order valence-electron chi connectivity index (χ0n) is 11.8. The Labute approximate surface area is 112 Å². The van der Waals surface area contributed by atoms with Gasteiger partial charge in [-0.2, -0.15) is 13.2 Å². The standard InChI is InChI=1S/C13H23F3N2O/c1-4-17-7-9(2)12(19)18(8-13(14,15)16)10(3)11-5-6-11/h9-11,17H,4-8H2,1-3H3. The normalized spacial score (nSPS) is 19.1. The first-order valence-corrected chi connectivity index (χ1v) is 6.84. The topological polar surface area (TPSA) is 32.3 Å². The van der Waals surface area contributed by atoms with Gasteiger partial charge < -0.3 is 10.2 Å². The summed E-state index contributed by atoms with van der Waals surface area (Å²) in [6.07, 6.45) is -2.49. The molecule has 1 amide bonds. The lowest BCUT2D eigenvalue weighted by Crippen LogP contribution is -2.49. The van der Waals surface area contributed by atoms with Gasteiger partial charge in [-0.05, 0) is 32.2 Å². The fourth-order valence-corrected chi connectivity index (χ4v) is 2.18. The van der Waals surface area contributed by atoms with Crippen LogP contribution in [-0.2, 0) is 4.79 Å². The second kappa shape index (κ2) is 6.59. The van der Waals surface area contributed by atoms with E-state index >= 15 is 0 Å². The van der Waals surface area contributed by atoms with Gasteiger partial charge in [0.25, 0.3) is 0 Å². The van der Waals surface area contributed by atoms with Crippen LogP contribution in [0.3, 0.4) is 0 Å². The number of nitrogens with zero attached hydrogens (tertiary/aromatic N) is 1. The molecule has 6 heteroatoms. The molecule has 2 unspecified atom stereocenters. The molecule has 0 aromatic rings. The highest BCUT2D eigenvalue weighted by molar-refractivity contribution is 5.79. The molecule has 0 aromatic heterocycles. The van der Waals surface area contributed by atoms with Gasteiger partial charge in [-0.3, -0.25) is 4.79 Å². The van der Waals surface area contributed by atoms with Crippen LogP contribution in [0.5, 0.6) is 0 Å². The minimum atomic E-state index is -4.34. The van der Waals surface area contributed by atoms with Gasteiger partial charge in [-0.15, -0.1) is 0 Å². The molecule has 1 N–H and O–H groups in total. The fourth-order valence-electron chi connectivity index (χ4n) is 2.18. The van der Waals surface area contributed by atoms with Crippen LogP contribution >= 0.6 is 0 Å². The molecule has 19 heavy (non-hydrogen) atoms. The summed E-state index contributed by atoms with van der Waals surface area (Å²) < 4.78 is 37.8. The maximum Gasteiger partial charge on any atom is 0.406 e. The van der Waals surface area contributed by atoms with E-state index in [0.29, 0.717) is 13.1 Å². The van der Waals surface area contributed by atoms with Crippen molar-refractivity contribution in [3.63, 3.8) is 0 Å². The number of nitrogens with one attached hydrogen (secondary N) is 1. The predicted octanol–water partition coefficient (Wildman–Crippen LogP) is 2.42. The summed E-state index contributed by atoms with van der Waals surface area (Å²) in [6.45, 7) is 5.28. The minimum Gasteiger partial charge on any atom is -0.330 e. The maximum atomic E-state index is 12.6. The van der Waals surface area contributed by atoms with E-state index < -0.39 is 24.5 Å². The SMILES string of the molecule is CCNCC(C)C(=O)N(CC(F)(F)F)C(C)C1CC1. The smallest absolute Gasteiger partial charge is 0.330 e. The average molecular weight is 280 g/mol. The van der Waals surface area contributed by atoms with E-state index in [1.54, 1.807) is 13.8 Å². The van der Waals surface area contributed by atoms with Crippen LogP contribution in [0.15, 0.2) is 0 Å². The quantitative estimate of drug-likeness (QED) is 0.777. The summed E-state index contributed by atoms with van der Waals surface area (Å²) in [5, 5.41) is 3.00. The molecule has 0 heterocycles. The molecule has 0 radical (unpaired) electrons. The Bertz CT molecular complexity index is 303. The molecular formula is C13H23F3N2O. The Morgan fingerprint density at radius 3 is 2.37 bits per heavy atom. The number of rotatable bonds is 7. The molecule has 0 bridgehead atoms. The molecule has 1 aliphatic rings. The highest BCUT2D eigenvalue weighted by Gasteiger charge is 2.41. The lowest BCUT2D eigenvalue weighted by molar-refractivity contribution is -0.168. The third-order valence-electron chi connectivity index (χ3n) is 3.55. The summed E-state index contributed by atoms with van der Waals surface area (Å²) in [5.41, 5.74) is 0. The molecule has 0 spiro atoms. The van der Waals surface area contributed by atoms with E-state index in [1.165, 1.54) is 0 Å². The molecule has 2 atom stereocenters. The second-order valence-corrected chi connectivity index (χ2v) is 5.37. The van der Waals surface area contributed by atoms with Gasteiger partial charge >= 0.3 is 6.18 Å². The number of halogens is 3. The van der Waals surface area contributed by atoms with Crippen molar-refractivity contribution in [3.05, 3.63) is 0 Å². The number of alkyl halides is 3. The van der Waals surface area contributed by atoms with Crippen LogP contribution in [0, 0.1) is 11.8 Å². The van der Waals surface area contributed by atoms with Crippen LogP contribution in [0.4, 0.5) is 13.2 Å². The van der Waals surface area contributed by atoms with E-state index in [9.17, 15) is 18.0 Å². The zero-order valence-corrected chi connectivity index (χ0v) is 11.8. The molecule has 1 rings (SSSR count). The van der Waals surface area contributed by atoms with Crippen molar-refractivity contribution >= 4 is 5.91 Å². The number of carbonyl (C=O) groups excluding carboxylic acids is 1. The van der Waals surface area contributed by atoms with E-state index in [1.807, 2.05) is 6.92 Å². The number of amides is 1. The predicted molar refractivity (Wildman–Crippen MR) is 67.7 cm³/mol. The van der Waals surface area contributed by atoms with E-state index in [2.05, 4.69) is 5.32 Å². The monoisotopic (exact) mass is 280 g/mol. The van der Waals surface area contributed by atoms with E-state index in [-0.39, 0.29) is 12.0 Å². The average Bonchev–Trinajstić information content (AvgIpc) is 3.14. The van der Waals surface area contributed by atoms with Gasteiger partial charge in [0.2, 0.25) is 5.91 Å². The van der Waals surface area contributed by atoms with E-state index in [0.717, 1.165) is 17.7 Å². The Balaban J connectivity index is 2.68. The highest BCUT2D eigenvalue weighted by Crippen LogP contribution is 2.36. The lowest BCUT2D eigenvalue weighted by Gasteiger charge is -2.32. The van der Waals surface area contributed by atoms with E-state index in [4.69, 9.17) is 0 Å². The first-order chi connectivity index (χ1) is 8.76. The molecule has 0 saturated heterocycles. The van der Waals surface area contributed by atoms with Gasteiger partial charge in [-0.1, -0.05) is 13.8 Å². The molecular weight excluding hydrogens is 257 g/mol. The van der Waals surface area contributed by atoms with Crippen LogP contribution in [-0.4, -0.2) is 42.7 Å². The first kappa shape index (κ1) is 16.3. The maximum absolute atomic E-state index is 12.6. The van der Waals surface area contributed by atoms with Crippen LogP contribution in [0.2, 0.25) is 0 Å². The summed E-state index contributed by atoms with van der Waals surface area (Å²) in [5.74, 6) is -0.598. The third-order valence-corrected chi connectivity index (χ3v) is 3.55. The van der Waals surface area contributed by atoms with Crippen molar-refractivity contribution in [2.75, 3.05) is 19.6 Å². The summed E-state index contributed by atoms with van der Waals surface area (Å²) in [7, 11) is 0. The number of hydrogen-bond acceptors (Lipinski definition) is 2. The van der Waals surface area contributed by atoms with Crippen LogP contribution in [0.1, 0.15) is 33.6 Å². The molecule has 3 nitrogen and oxygen atoms in total. The molecule has 0 aliphatic heterocycles. The number of carbonyl (C=O) groups is 1. The minimum absolute atomic E-state index is 0.234. The second-order valence-electron chi connectivity index (χ2n) is 5.37. The van der Waals surface area contributed by atoms with Crippen molar-refractivity contribution in [2.45, 2.75) is 45.8 Å². The van der Waals surface area contributed by atoms with Crippen molar-refractivity contribution in [2.24, 2.45) is 11.8 Å². The van der Waals surface area contributed by atoms with Crippen molar-refractivity contribution in [3.8, 4) is 0 Å². The Morgan fingerprint density at radius 2 is 1.95 bits per heavy atom. The molecule has 0 aromatic carbocycles. The van der Waals surface area contributed by atoms with Crippen molar-refractivity contribution in [1.82, 2.24) is 10.2 Å². The van der Waals surface area contributed by atoms with Gasteiger partial charge in [-0.25, -0.2) is 0 Å². The summed E-state index contributed by atoms with van der Waals surface area (Å²) in [6, 6.07) is -0.321. The third kappa shape index (κ3) is 5.38. The fraction of sp³-hybridized carbons (Fsp3) is 0.923. The molecule has 1 aliphatic carbocycles. The molecule has 1 fully saturated rings. The summed E-state index contributed by atoms with van der Waals surface area (Å²) >= 11 is 0. The van der Waals surface area contributed by atoms with Crippen molar-refractivity contribution in [1.29, 1.82) is 0 Å². The zero-order chi connectivity index (χ0) is 14.6. The summed E-state index contributed by atoms with van der Waals surface area (Å²) in [4.78, 5) is 13.2.